The van der Waals surface area contributed by atoms with Crippen LogP contribution < -0.4 is 10.2 Å². The first-order chi connectivity index (χ1) is 14.8. The van der Waals surface area contributed by atoms with Crippen molar-refractivity contribution < 1.29 is 13.2 Å². The molecule has 0 radical (unpaired) electrons. The van der Waals surface area contributed by atoms with Gasteiger partial charge in [0.25, 0.3) is 0 Å². The van der Waals surface area contributed by atoms with Gasteiger partial charge in [0.2, 0.25) is 21.1 Å². The molecule has 168 valence electrons. The summed E-state index contributed by atoms with van der Waals surface area (Å²) in [4.78, 5) is 14.6. The zero-order chi connectivity index (χ0) is 22.4. The average Bonchev–Trinajstić information content (AvgIpc) is 3.20. The van der Waals surface area contributed by atoms with E-state index < -0.39 is 10.0 Å². The van der Waals surface area contributed by atoms with E-state index in [2.05, 4.69) is 27.4 Å². The van der Waals surface area contributed by atoms with E-state index in [0.29, 0.717) is 36.2 Å². The Hall–Kier alpha value is -2.44. The van der Waals surface area contributed by atoms with Crippen molar-refractivity contribution in [1.82, 2.24) is 24.5 Å². The average molecular weight is 466 g/mol. The third-order valence-electron chi connectivity index (χ3n) is 4.81. The van der Waals surface area contributed by atoms with Crippen LogP contribution in [-0.2, 0) is 21.4 Å². The molecular formula is C19H27N7O3S2. The minimum atomic E-state index is -3.60. The molecule has 12 heteroatoms. The zero-order valence-electron chi connectivity index (χ0n) is 17.7. The number of rotatable bonds is 9. The Morgan fingerprint density at radius 2 is 2.03 bits per heavy atom. The minimum absolute atomic E-state index is 0.0769. The van der Waals surface area contributed by atoms with Crippen molar-refractivity contribution in [3.8, 4) is 0 Å². The Morgan fingerprint density at radius 1 is 1.29 bits per heavy atom. The van der Waals surface area contributed by atoms with E-state index in [1.54, 1.807) is 22.9 Å². The number of allylic oxidation sites excluding steroid dienone is 1. The van der Waals surface area contributed by atoms with Crippen LogP contribution in [-0.4, -0.2) is 71.8 Å². The molecule has 0 atom stereocenters. The first-order valence-corrected chi connectivity index (χ1v) is 12.4. The second-order valence-electron chi connectivity index (χ2n) is 7.31. The van der Waals surface area contributed by atoms with Gasteiger partial charge in [-0.25, -0.2) is 13.1 Å². The van der Waals surface area contributed by atoms with E-state index in [9.17, 15) is 13.2 Å². The van der Waals surface area contributed by atoms with E-state index in [-0.39, 0.29) is 16.6 Å². The van der Waals surface area contributed by atoms with Gasteiger partial charge in [0, 0.05) is 27.2 Å². The fourth-order valence-corrected chi connectivity index (χ4v) is 5.50. The molecule has 1 aliphatic rings. The highest BCUT2D eigenvalue weighted by Gasteiger charge is 2.27. The molecule has 3 rings (SSSR count). The smallest absolute Gasteiger partial charge is 0.243 e. The highest BCUT2D eigenvalue weighted by molar-refractivity contribution is 7.99. The number of hydrogen-bond donors (Lipinski definition) is 1. The van der Waals surface area contributed by atoms with E-state index in [1.807, 2.05) is 19.0 Å². The van der Waals surface area contributed by atoms with Crippen molar-refractivity contribution in [3.63, 3.8) is 0 Å². The molecule has 10 nitrogen and oxygen atoms in total. The summed E-state index contributed by atoms with van der Waals surface area (Å²) in [7, 11) is 0.0672. The summed E-state index contributed by atoms with van der Waals surface area (Å²) in [6, 6.07) is 4.83. The van der Waals surface area contributed by atoms with Gasteiger partial charge in [0.05, 0.1) is 28.6 Å². The number of thioether (sulfide) groups is 1. The number of sulfonamides is 1. The van der Waals surface area contributed by atoms with Crippen LogP contribution in [0, 0.1) is 0 Å². The normalized spacial score (nSPS) is 14.9. The molecule has 1 aromatic heterocycles. The lowest BCUT2D eigenvalue weighted by atomic mass is 10.2. The molecule has 0 unspecified atom stereocenters. The lowest BCUT2D eigenvalue weighted by Gasteiger charge is -2.26. The number of aromatic nitrogens is 4. The number of nitrogens with one attached hydrogen (secondary N) is 1. The van der Waals surface area contributed by atoms with Crippen LogP contribution in [0.2, 0.25) is 0 Å². The summed E-state index contributed by atoms with van der Waals surface area (Å²) in [5, 5.41) is 14.7. The fraction of sp³-hybridized carbons (Fsp3) is 0.474. The van der Waals surface area contributed by atoms with Crippen molar-refractivity contribution in [1.29, 1.82) is 0 Å². The summed E-state index contributed by atoms with van der Waals surface area (Å²) >= 11 is 1.19. The maximum atomic E-state index is 13.0. The van der Waals surface area contributed by atoms with Crippen LogP contribution in [0.3, 0.4) is 0 Å². The predicted octanol–water partition coefficient (Wildman–Crippen LogP) is 1.83. The summed E-state index contributed by atoms with van der Waals surface area (Å²) in [6.07, 6.45) is 4.43. The number of benzene rings is 1. The highest BCUT2D eigenvalue weighted by atomic mass is 32.2. The molecule has 1 fully saturated rings. The van der Waals surface area contributed by atoms with E-state index in [1.165, 1.54) is 22.1 Å². The molecule has 1 saturated heterocycles. The summed E-state index contributed by atoms with van der Waals surface area (Å²) in [5.74, 6) is -0.207. The van der Waals surface area contributed by atoms with Gasteiger partial charge in [0.1, 0.15) is 0 Å². The van der Waals surface area contributed by atoms with Gasteiger partial charge in [-0.05, 0) is 41.5 Å². The van der Waals surface area contributed by atoms with Crippen molar-refractivity contribution >= 4 is 39.1 Å². The van der Waals surface area contributed by atoms with Crippen molar-refractivity contribution in [2.24, 2.45) is 0 Å². The van der Waals surface area contributed by atoms with Gasteiger partial charge in [-0.2, -0.15) is 4.31 Å². The summed E-state index contributed by atoms with van der Waals surface area (Å²) < 4.78 is 29.2. The quantitative estimate of drug-likeness (QED) is 0.441. The molecule has 0 bridgehead atoms. The molecule has 1 aliphatic heterocycles. The van der Waals surface area contributed by atoms with Crippen molar-refractivity contribution in [3.05, 3.63) is 30.9 Å². The zero-order valence-corrected chi connectivity index (χ0v) is 19.3. The maximum absolute atomic E-state index is 13.0. The Morgan fingerprint density at radius 3 is 2.71 bits per heavy atom. The molecule has 0 saturated carbocycles. The number of anilines is 2. The van der Waals surface area contributed by atoms with Gasteiger partial charge in [-0.15, -0.1) is 11.7 Å². The number of carbonyl (C=O) groups excluding carboxylic acids is 1. The van der Waals surface area contributed by atoms with Crippen LogP contribution in [0.4, 0.5) is 11.4 Å². The SMILES string of the molecule is C=CCn1nnnc1SCC(=O)Nc1cc(S(=O)(=O)N2CCCCC2)ccc1N(C)C. The number of piperidine rings is 1. The lowest BCUT2D eigenvalue weighted by molar-refractivity contribution is -0.113. The molecule has 31 heavy (non-hydrogen) atoms. The third-order valence-corrected chi connectivity index (χ3v) is 7.66. The van der Waals surface area contributed by atoms with Crippen LogP contribution >= 0.6 is 11.8 Å². The van der Waals surface area contributed by atoms with Crippen LogP contribution in [0.25, 0.3) is 0 Å². The topological polar surface area (TPSA) is 113 Å². The number of tetrazole rings is 1. The summed E-state index contributed by atoms with van der Waals surface area (Å²) in [5.41, 5.74) is 1.16. The van der Waals surface area contributed by atoms with Crippen molar-refractivity contribution in [2.45, 2.75) is 35.9 Å². The number of amides is 1. The largest absolute Gasteiger partial charge is 0.376 e. The van der Waals surface area contributed by atoms with E-state index in [4.69, 9.17) is 0 Å². The molecule has 1 aromatic carbocycles. The molecule has 0 spiro atoms. The summed E-state index contributed by atoms with van der Waals surface area (Å²) in [6.45, 7) is 5.14. The van der Waals surface area contributed by atoms with Gasteiger partial charge in [-0.1, -0.05) is 24.3 Å². The second-order valence-corrected chi connectivity index (χ2v) is 10.2. The number of nitrogens with zero attached hydrogens (tertiary/aromatic N) is 6. The first kappa shape index (κ1) is 23.2. The number of carbonyl (C=O) groups is 1. The molecule has 2 heterocycles. The first-order valence-electron chi connectivity index (χ1n) is 9.94. The highest BCUT2D eigenvalue weighted by Crippen LogP contribution is 2.30. The minimum Gasteiger partial charge on any atom is -0.376 e. The molecule has 2 aromatic rings. The van der Waals surface area contributed by atoms with Gasteiger partial charge in [-0.3, -0.25) is 4.79 Å². The molecule has 0 aliphatic carbocycles. The Balaban J connectivity index is 1.77. The van der Waals surface area contributed by atoms with Gasteiger partial charge >= 0.3 is 0 Å². The Kier molecular flexibility index (Phi) is 7.68. The van der Waals surface area contributed by atoms with Crippen LogP contribution in [0.1, 0.15) is 19.3 Å². The number of hydrogen-bond acceptors (Lipinski definition) is 8. The lowest BCUT2D eigenvalue weighted by Crippen LogP contribution is -2.35. The molecule has 1 N–H and O–H groups in total. The predicted molar refractivity (Wildman–Crippen MR) is 121 cm³/mol. The fourth-order valence-electron chi connectivity index (χ4n) is 3.27. The van der Waals surface area contributed by atoms with Gasteiger partial charge in [0.15, 0.2) is 0 Å². The Bertz CT molecular complexity index is 1030. The van der Waals surface area contributed by atoms with E-state index in [0.717, 1.165) is 19.3 Å². The molecule has 1 amide bonds. The maximum Gasteiger partial charge on any atom is 0.243 e. The second kappa shape index (κ2) is 10.2. The van der Waals surface area contributed by atoms with E-state index >= 15 is 0 Å². The molecular weight excluding hydrogens is 438 g/mol. The Labute approximate surface area is 186 Å². The van der Waals surface area contributed by atoms with Crippen LogP contribution in [0.5, 0.6) is 0 Å². The standard InChI is InChI=1S/C19H27N7O3S2/c1-4-10-26-19(21-22-23-26)30-14-18(27)20-16-13-15(8-9-17(16)24(2)3)31(28,29)25-11-6-5-7-12-25/h4,8-9,13H,1,5-7,10-12,14H2,2-3H3,(H,20,27). The van der Waals surface area contributed by atoms with Gasteiger partial charge < -0.3 is 10.2 Å². The monoisotopic (exact) mass is 465 g/mol. The van der Waals surface area contributed by atoms with Crippen molar-refractivity contribution in [2.75, 3.05) is 43.2 Å². The van der Waals surface area contributed by atoms with Crippen LogP contribution in [0.15, 0.2) is 40.9 Å². The third kappa shape index (κ3) is 5.63.